The number of aromatic nitrogens is 1. The molecule has 0 radical (unpaired) electrons. The Labute approximate surface area is 133 Å². The second-order valence-electron chi connectivity index (χ2n) is 5.26. The highest BCUT2D eigenvalue weighted by atomic mass is 16.2. The van der Waals surface area contributed by atoms with Gasteiger partial charge < -0.3 is 5.32 Å². The second-order valence-corrected chi connectivity index (χ2v) is 5.26. The molecule has 2 amide bonds. The summed E-state index contributed by atoms with van der Waals surface area (Å²) in [6, 6.07) is 13.1. The summed E-state index contributed by atoms with van der Waals surface area (Å²) in [4.78, 5) is 28.3. The van der Waals surface area contributed by atoms with Gasteiger partial charge in [-0.15, -0.1) is 0 Å². The van der Waals surface area contributed by atoms with E-state index in [4.69, 9.17) is 0 Å². The van der Waals surface area contributed by atoms with Crippen molar-refractivity contribution in [3.8, 4) is 0 Å². The zero-order valence-corrected chi connectivity index (χ0v) is 12.3. The number of amides is 2. The predicted octanol–water partition coefficient (Wildman–Crippen LogP) is 1.06. The Morgan fingerprint density at radius 2 is 2.09 bits per heavy atom. The summed E-state index contributed by atoms with van der Waals surface area (Å²) in [5.41, 5.74) is 4.17. The molecule has 1 aromatic heterocycles. The van der Waals surface area contributed by atoms with Gasteiger partial charge in [0.1, 0.15) is 5.92 Å². The number of hydrogen-bond donors (Lipinski definition) is 2. The lowest BCUT2D eigenvalue weighted by molar-refractivity contribution is -0.133. The van der Waals surface area contributed by atoms with Gasteiger partial charge in [-0.2, -0.15) is 5.10 Å². The third kappa shape index (κ3) is 3.42. The van der Waals surface area contributed by atoms with Crippen LogP contribution in [0.25, 0.3) is 0 Å². The molecule has 1 aromatic carbocycles. The van der Waals surface area contributed by atoms with Gasteiger partial charge in [0.25, 0.3) is 5.91 Å². The molecule has 2 heterocycles. The fourth-order valence-electron chi connectivity index (χ4n) is 2.63. The number of hydrazone groups is 1. The van der Waals surface area contributed by atoms with Crippen LogP contribution >= 0.6 is 0 Å². The first-order valence-electron chi connectivity index (χ1n) is 7.31. The molecule has 2 atom stereocenters. The normalized spacial score (nSPS) is 20.4. The zero-order chi connectivity index (χ0) is 16.1. The van der Waals surface area contributed by atoms with Crippen molar-refractivity contribution in [3.05, 3.63) is 66.0 Å². The number of carbonyl (C=O) groups excluding carboxylic acids is 2. The van der Waals surface area contributed by atoms with E-state index in [2.05, 4.69) is 20.8 Å². The Kier molecular flexibility index (Phi) is 4.42. The Hall–Kier alpha value is -3.02. The quantitative estimate of drug-likeness (QED) is 0.503. The molecule has 116 valence electrons. The Morgan fingerprint density at radius 1 is 1.26 bits per heavy atom. The summed E-state index contributed by atoms with van der Waals surface area (Å²) < 4.78 is 0. The van der Waals surface area contributed by atoms with Crippen LogP contribution in [0.3, 0.4) is 0 Å². The van der Waals surface area contributed by atoms with Crippen LogP contribution in [-0.2, 0) is 9.59 Å². The van der Waals surface area contributed by atoms with Gasteiger partial charge in [-0.25, -0.2) is 5.43 Å². The molecule has 1 saturated heterocycles. The van der Waals surface area contributed by atoms with Crippen LogP contribution in [0, 0.1) is 5.92 Å². The first kappa shape index (κ1) is 14.9. The van der Waals surface area contributed by atoms with E-state index in [0.29, 0.717) is 6.54 Å². The van der Waals surface area contributed by atoms with Crippen molar-refractivity contribution >= 4 is 18.0 Å². The second kappa shape index (κ2) is 6.83. The van der Waals surface area contributed by atoms with Gasteiger partial charge in [0.2, 0.25) is 5.91 Å². The number of hydrogen-bond acceptors (Lipinski definition) is 4. The van der Waals surface area contributed by atoms with E-state index in [1.165, 1.54) is 6.21 Å². The third-order valence-electron chi connectivity index (χ3n) is 3.76. The molecular formula is C17H16N4O2. The highest BCUT2D eigenvalue weighted by Crippen LogP contribution is 2.28. The van der Waals surface area contributed by atoms with Crippen LogP contribution in [0.15, 0.2) is 60.0 Å². The van der Waals surface area contributed by atoms with Gasteiger partial charge in [-0.1, -0.05) is 36.4 Å². The first-order valence-corrected chi connectivity index (χ1v) is 7.31. The van der Waals surface area contributed by atoms with Crippen molar-refractivity contribution in [1.82, 2.24) is 15.7 Å². The van der Waals surface area contributed by atoms with Crippen LogP contribution < -0.4 is 10.7 Å². The predicted molar refractivity (Wildman–Crippen MR) is 85.7 cm³/mol. The molecule has 2 aromatic rings. The van der Waals surface area contributed by atoms with E-state index in [0.717, 1.165) is 11.1 Å². The molecule has 2 N–H and O–H groups in total. The molecule has 6 heteroatoms. The summed E-state index contributed by atoms with van der Waals surface area (Å²) in [5, 5.41) is 6.65. The maximum absolute atomic E-state index is 12.3. The van der Waals surface area contributed by atoms with Crippen LogP contribution in [0.4, 0.5) is 0 Å². The molecule has 0 saturated carbocycles. The van der Waals surface area contributed by atoms with Crippen molar-refractivity contribution in [3.63, 3.8) is 0 Å². The Balaban J connectivity index is 1.70. The van der Waals surface area contributed by atoms with Gasteiger partial charge >= 0.3 is 0 Å². The van der Waals surface area contributed by atoms with Crippen LogP contribution in [0.2, 0.25) is 0 Å². The molecule has 0 spiro atoms. The topological polar surface area (TPSA) is 83.5 Å². The first-order chi connectivity index (χ1) is 11.3. The minimum atomic E-state index is -0.775. The molecule has 6 nitrogen and oxygen atoms in total. The van der Waals surface area contributed by atoms with E-state index >= 15 is 0 Å². The van der Waals surface area contributed by atoms with Gasteiger partial charge in [0.05, 0.1) is 6.21 Å². The smallest absolute Gasteiger partial charge is 0.253 e. The van der Waals surface area contributed by atoms with Crippen molar-refractivity contribution in [2.24, 2.45) is 11.0 Å². The van der Waals surface area contributed by atoms with Gasteiger partial charge in [-0.3, -0.25) is 14.6 Å². The molecular weight excluding hydrogens is 292 g/mol. The minimum absolute atomic E-state index is 0.183. The fraction of sp³-hybridized carbons (Fsp3) is 0.176. The van der Waals surface area contributed by atoms with Crippen molar-refractivity contribution in [1.29, 1.82) is 0 Å². The monoisotopic (exact) mass is 308 g/mol. The molecule has 1 aliphatic rings. The molecule has 23 heavy (non-hydrogen) atoms. The average molecular weight is 308 g/mol. The van der Waals surface area contributed by atoms with Crippen LogP contribution in [0.5, 0.6) is 0 Å². The molecule has 1 fully saturated rings. The average Bonchev–Trinajstić information content (AvgIpc) is 2.98. The van der Waals surface area contributed by atoms with Crippen molar-refractivity contribution in [2.75, 3.05) is 6.54 Å². The van der Waals surface area contributed by atoms with Crippen LogP contribution in [-0.4, -0.2) is 29.6 Å². The summed E-state index contributed by atoms with van der Waals surface area (Å²) in [6.07, 6.45) is 4.78. The summed E-state index contributed by atoms with van der Waals surface area (Å²) in [7, 11) is 0. The summed E-state index contributed by atoms with van der Waals surface area (Å²) in [6.45, 7) is 0.452. The van der Waals surface area contributed by atoms with Gasteiger partial charge in [0.15, 0.2) is 0 Å². The largest absolute Gasteiger partial charge is 0.355 e. The molecule has 3 rings (SSSR count). The third-order valence-corrected chi connectivity index (χ3v) is 3.76. The van der Waals surface area contributed by atoms with Gasteiger partial charge in [-0.05, 0) is 11.6 Å². The maximum atomic E-state index is 12.3. The molecule has 0 unspecified atom stereocenters. The van der Waals surface area contributed by atoms with E-state index in [-0.39, 0.29) is 11.8 Å². The van der Waals surface area contributed by atoms with E-state index in [1.807, 2.05) is 36.4 Å². The fourth-order valence-corrected chi connectivity index (χ4v) is 2.63. The highest BCUT2D eigenvalue weighted by molar-refractivity contribution is 6.03. The van der Waals surface area contributed by atoms with Gasteiger partial charge in [0, 0.05) is 30.4 Å². The summed E-state index contributed by atoms with van der Waals surface area (Å²) in [5.74, 6) is -1.64. The standard InChI is InChI=1S/C17H16N4O2/c22-16-15(14(11-19-16)13-6-2-1-3-7-13)17(23)21-20-10-12-5-4-8-18-9-12/h1-10,14-15H,11H2,(H,19,22)(H,21,23)/b20-10+/t14-,15+/m1/s1. The molecule has 0 aliphatic carbocycles. The Bertz CT molecular complexity index is 716. The summed E-state index contributed by atoms with van der Waals surface area (Å²) >= 11 is 0. The minimum Gasteiger partial charge on any atom is -0.355 e. The van der Waals surface area contributed by atoms with Crippen molar-refractivity contribution in [2.45, 2.75) is 5.92 Å². The Morgan fingerprint density at radius 3 is 2.83 bits per heavy atom. The highest BCUT2D eigenvalue weighted by Gasteiger charge is 2.40. The lowest BCUT2D eigenvalue weighted by Crippen LogP contribution is -2.34. The van der Waals surface area contributed by atoms with Crippen molar-refractivity contribution < 1.29 is 9.59 Å². The zero-order valence-electron chi connectivity index (χ0n) is 12.3. The SMILES string of the molecule is O=C1NC[C@H](c2ccccc2)[C@@H]1C(=O)N/N=C/c1cccnc1. The molecule has 0 bridgehead atoms. The van der Waals surface area contributed by atoms with Crippen LogP contribution in [0.1, 0.15) is 17.0 Å². The number of pyridine rings is 1. The lowest BCUT2D eigenvalue weighted by atomic mass is 9.88. The number of benzene rings is 1. The lowest BCUT2D eigenvalue weighted by Gasteiger charge is -2.15. The molecule has 1 aliphatic heterocycles. The number of nitrogens with zero attached hydrogens (tertiary/aromatic N) is 2. The number of nitrogens with one attached hydrogen (secondary N) is 2. The van der Waals surface area contributed by atoms with E-state index in [1.54, 1.807) is 18.5 Å². The number of carbonyl (C=O) groups is 2. The van der Waals surface area contributed by atoms with E-state index < -0.39 is 11.8 Å². The van der Waals surface area contributed by atoms with E-state index in [9.17, 15) is 9.59 Å². The maximum Gasteiger partial charge on any atom is 0.253 e. The number of rotatable bonds is 4.